The minimum Gasteiger partial charge on any atom is -0.266 e. The summed E-state index contributed by atoms with van der Waals surface area (Å²) >= 11 is 10.4. The Morgan fingerprint density at radius 3 is 2.88 bits per heavy atom. The van der Waals surface area contributed by atoms with Crippen molar-refractivity contribution in [2.45, 2.75) is 6.54 Å². The molecule has 0 spiro atoms. The third kappa shape index (κ3) is 2.25. The highest BCUT2D eigenvalue weighted by Crippen LogP contribution is 2.20. The number of rotatable bonds is 3. The fourth-order valence-corrected chi connectivity index (χ4v) is 1.65. The lowest BCUT2D eigenvalue weighted by molar-refractivity contribution is 0.586. The zero-order valence-electron chi connectivity index (χ0n) is 8.10. The molecular formula is C10H7ClFN3S. The Hall–Kier alpha value is -1.33. The van der Waals surface area contributed by atoms with E-state index in [4.69, 9.17) is 11.6 Å². The Labute approximate surface area is 102 Å². The van der Waals surface area contributed by atoms with Crippen molar-refractivity contribution in [1.82, 2.24) is 9.78 Å². The van der Waals surface area contributed by atoms with Crippen LogP contribution >= 0.6 is 11.6 Å². The summed E-state index contributed by atoms with van der Waals surface area (Å²) in [6.45, 7) is 0.260. The second-order valence-electron chi connectivity index (χ2n) is 3.16. The van der Waals surface area contributed by atoms with Crippen LogP contribution in [0.1, 0.15) is 5.56 Å². The van der Waals surface area contributed by atoms with Crippen LogP contribution in [0.2, 0.25) is 5.02 Å². The van der Waals surface area contributed by atoms with E-state index in [-0.39, 0.29) is 12.4 Å². The summed E-state index contributed by atoms with van der Waals surface area (Å²) in [4.78, 5) is 0. The molecule has 0 amide bonds. The highest BCUT2D eigenvalue weighted by molar-refractivity contribution is 7.47. The van der Waals surface area contributed by atoms with E-state index in [1.807, 2.05) is 0 Å². The fourth-order valence-electron chi connectivity index (χ4n) is 1.33. The van der Waals surface area contributed by atoms with Gasteiger partial charge in [-0.15, -0.1) is 0 Å². The molecule has 1 heterocycles. The molecule has 82 valence electrons. The minimum atomic E-state index is -0.347. The number of hydrogen-bond acceptors (Lipinski definition) is 3. The summed E-state index contributed by atoms with van der Waals surface area (Å²) in [7, 11) is 0. The Morgan fingerprint density at radius 2 is 2.25 bits per heavy atom. The first-order chi connectivity index (χ1) is 7.70. The lowest BCUT2D eigenvalue weighted by Gasteiger charge is -2.05. The molecule has 0 aliphatic carbocycles. The summed E-state index contributed by atoms with van der Waals surface area (Å²) in [5.41, 5.74) is 0.406. The number of benzene rings is 1. The molecule has 0 aliphatic rings. The predicted octanol–water partition coefficient (Wildman–Crippen LogP) is 3.09. The quantitative estimate of drug-likeness (QED) is 0.844. The van der Waals surface area contributed by atoms with Gasteiger partial charge in [0.05, 0.1) is 6.54 Å². The molecule has 0 saturated heterocycles. The maximum atomic E-state index is 13.5. The summed E-state index contributed by atoms with van der Waals surface area (Å²) in [5, 5.41) is 4.41. The van der Waals surface area contributed by atoms with Crippen LogP contribution < -0.4 is 0 Å². The van der Waals surface area contributed by atoms with Gasteiger partial charge in [-0.2, -0.15) is 9.46 Å². The molecule has 1 aromatic heterocycles. The smallest absolute Gasteiger partial charge is 0.187 e. The number of halogens is 2. The average Bonchev–Trinajstić information content (AvgIpc) is 2.71. The van der Waals surface area contributed by atoms with E-state index in [1.165, 1.54) is 10.7 Å². The van der Waals surface area contributed by atoms with Crippen LogP contribution in [-0.2, 0) is 19.0 Å². The third-order valence-electron chi connectivity index (χ3n) is 2.10. The van der Waals surface area contributed by atoms with Crippen LogP contribution in [0.5, 0.6) is 0 Å². The van der Waals surface area contributed by atoms with Crippen LogP contribution in [0.4, 0.5) is 10.2 Å². The maximum absolute atomic E-state index is 13.5. The van der Waals surface area contributed by atoms with Crippen LogP contribution in [-0.4, -0.2) is 9.78 Å². The van der Waals surface area contributed by atoms with Gasteiger partial charge in [-0.3, -0.25) is 4.68 Å². The molecule has 0 atom stereocenters. The van der Waals surface area contributed by atoms with E-state index in [9.17, 15) is 4.39 Å². The predicted molar refractivity (Wildman–Crippen MR) is 62.2 cm³/mol. The van der Waals surface area contributed by atoms with Crippen molar-refractivity contribution < 1.29 is 4.39 Å². The van der Waals surface area contributed by atoms with Crippen LogP contribution in [0, 0.1) is 5.82 Å². The molecule has 0 aliphatic heterocycles. The van der Waals surface area contributed by atoms with E-state index < -0.39 is 0 Å². The zero-order valence-corrected chi connectivity index (χ0v) is 9.67. The van der Waals surface area contributed by atoms with Gasteiger partial charge in [0.1, 0.15) is 5.82 Å². The Kier molecular flexibility index (Phi) is 3.26. The van der Waals surface area contributed by atoms with E-state index in [0.29, 0.717) is 16.4 Å². The molecule has 0 bridgehead atoms. The molecule has 0 fully saturated rings. The van der Waals surface area contributed by atoms with E-state index in [0.717, 1.165) is 0 Å². The third-order valence-corrected chi connectivity index (χ3v) is 2.64. The van der Waals surface area contributed by atoms with Crippen molar-refractivity contribution in [3.63, 3.8) is 0 Å². The molecule has 16 heavy (non-hydrogen) atoms. The summed E-state index contributed by atoms with van der Waals surface area (Å²) < 4.78 is 18.5. The summed E-state index contributed by atoms with van der Waals surface area (Å²) in [6.07, 6.45) is 1.67. The van der Waals surface area contributed by atoms with Crippen LogP contribution in [0.25, 0.3) is 0 Å². The van der Waals surface area contributed by atoms with Crippen molar-refractivity contribution in [3.05, 3.63) is 46.9 Å². The monoisotopic (exact) mass is 255 g/mol. The number of aromatic nitrogens is 2. The fraction of sp³-hybridized carbons (Fsp3) is 0.100. The van der Waals surface area contributed by atoms with Gasteiger partial charge < -0.3 is 0 Å². The van der Waals surface area contributed by atoms with Gasteiger partial charge in [-0.1, -0.05) is 17.7 Å². The maximum Gasteiger partial charge on any atom is 0.187 e. The first kappa shape index (κ1) is 11.2. The van der Waals surface area contributed by atoms with Crippen LogP contribution in [0.3, 0.4) is 0 Å². The highest BCUT2D eigenvalue weighted by Gasteiger charge is 2.08. The van der Waals surface area contributed by atoms with E-state index in [1.54, 1.807) is 24.4 Å². The van der Waals surface area contributed by atoms with Gasteiger partial charge in [-0.25, -0.2) is 4.39 Å². The molecule has 0 unspecified atom stereocenters. The van der Waals surface area contributed by atoms with Gasteiger partial charge in [0.25, 0.3) is 0 Å². The second-order valence-corrected chi connectivity index (χ2v) is 3.75. The standard InChI is InChI=1S/C10H7ClFN3S/c11-8-2-1-3-9(12)7(8)6-15-5-4-10(13-15)14-16/h1-5H,6H2. The first-order valence-corrected chi connectivity index (χ1v) is 5.24. The van der Waals surface area contributed by atoms with Gasteiger partial charge >= 0.3 is 0 Å². The largest absolute Gasteiger partial charge is 0.266 e. The molecule has 1 aromatic carbocycles. The average molecular weight is 256 g/mol. The Morgan fingerprint density at radius 1 is 1.44 bits per heavy atom. The molecule has 0 radical (unpaired) electrons. The molecular weight excluding hydrogens is 249 g/mol. The first-order valence-electron chi connectivity index (χ1n) is 4.50. The topological polar surface area (TPSA) is 30.2 Å². The van der Waals surface area contributed by atoms with Gasteiger partial charge in [0.15, 0.2) is 5.82 Å². The zero-order chi connectivity index (χ0) is 11.5. The van der Waals surface area contributed by atoms with Gasteiger partial charge in [0, 0.05) is 35.3 Å². The van der Waals surface area contributed by atoms with Crippen molar-refractivity contribution >= 4 is 29.8 Å². The Balaban J connectivity index is 2.29. The SMILES string of the molecule is Fc1cccc(Cl)c1Cn1ccc(N=S)n1. The lowest BCUT2D eigenvalue weighted by Crippen LogP contribution is -2.03. The van der Waals surface area contributed by atoms with Crippen molar-refractivity contribution in [2.24, 2.45) is 4.36 Å². The lowest BCUT2D eigenvalue weighted by atomic mass is 10.2. The molecule has 6 heteroatoms. The number of nitrogens with zero attached hydrogens (tertiary/aromatic N) is 3. The van der Waals surface area contributed by atoms with Crippen molar-refractivity contribution in [2.75, 3.05) is 0 Å². The number of hydrogen-bond donors (Lipinski definition) is 0. The minimum absolute atomic E-state index is 0.260. The summed E-state index contributed by atoms with van der Waals surface area (Å²) in [6, 6.07) is 6.22. The molecule has 0 N–H and O–H groups in total. The normalized spacial score (nSPS) is 10.4. The van der Waals surface area contributed by atoms with Gasteiger partial charge in [-0.05, 0) is 12.1 Å². The van der Waals surface area contributed by atoms with E-state index in [2.05, 4.69) is 21.9 Å². The second kappa shape index (κ2) is 4.67. The molecule has 0 saturated carbocycles. The van der Waals surface area contributed by atoms with Gasteiger partial charge in [0.2, 0.25) is 0 Å². The van der Waals surface area contributed by atoms with E-state index >= 15 is 0 Å². The summed E-state index contributed by atoms with van der Waals surface area (Å²) in [5.74, 6) is 0.0855. The Bertz CT molecular complexity index is 506. The van der Waals surface area contributed by atoms with Crippen molar-refractivity contribution in [1.29, 1.82) is 0 Å². The van der Waals surface area contributed by atoms with Crippen molar-refractivity contribution in [3.8, 4) is 0 Å². The molecule has 2 rings (SSSR count). The molecule has 3 nitrogen and oxygen atoms in total. The molecule has 2 aromatic rings. The highest BCUT2D eigenvalue weighted by atomic mass is 35.5. The van der Waals surface area contributed by atoms with Crippen LogP contribution in [0.15, 0.2) is 34.8 Å².